The molecule has 1 aliphatic rings. The van der Waals surface area contributed by atoms with Crippen LogP contribution in [0.5, 0.6) is 0 Å². The van der Waals surface area contributed by atoms with Crippen molar-refractivity contribution in [3.63, 3.8) is 0 Å². The second-order valence-electron chi connectivity index (χ2n) is 6.60. The predicted octanol–water partition coefficient (Wildman–Crippen LogP) is 4.51. The van der Waals surface area contributed by atoms with E-state index < -0.39 is 11.9 Å². The Balaban J connectivity index is 1.64. The molecule has 2 aromatic rings. The summed E-state index contributed by atoms with van der Waals surface area (Å²) in [4.78, 5) is 8.75. The number of anilines is 1. The number of benzene rings is 1. The van der Waals surface area contributed by atoms with E-state index in [1.807, 2.05) is 23.2 Å². The van der Waals surface area contributed by atoms with E-state index in [9.17, 15) is 17.6 Å². The molecular weight excluding hydrogens is 378 g/mol. The minimum atomic E-state index is -4.25. The first-order valence-corrected chi connectivity index (χ1v) is 9.66. The number of rotatable bonds is 5. The van der Waals surface area contributed by atoms with Gasteiger partial charge in [-0.05, 0) is 36.2 Å². The molecule has 0 atom stereocenters. The molecule has 0 unspecified atom stereocenters. The fourth-order valence-electron chi connectivity index (χ4n) is 3.10. The smallest absolute Gasteiger partial charge is 0.367 e. The summed E-state index contributed by atoms with van der Waals surface area (Å²) < 4.78 is 52.0. The van der Waals surface area contributed by atoms with Crippen molar-refractivity contribution in [2.75, 3.05) is 36.8 Å². The average molecular weight is 399 g/mol. The SMILES string of the molecule is Cc1cc(F)c(N2CCN(Cc3cccnc3)CC2)cc1SCC(F)(F)F. The lowest BCUT2D eigenvalue weighted by molar-refractivity contribution is -0.105. The Morgan fingerprint density at radius 1 is 1.15 bits per heavy atom. The average Bonchev–Trinajstić information content (AvgIpc) is 2.62. The number of pyridine rings is 1. The Morgan fingerprint density at radius 2 is 1.89 bits per heavy atom. The van der Waals surface area contributed by atoms with Crippen molar-refractivity contribution in [2.45, 2.75) is 24.5 Å². The third kappa shape index (κ3) is 5.59. The van der Waals surface area contributed by atoms with Crippen molar-refractivity contribution in [3.05, 3.63) is 53.6 Å². The Bertz CT molecular complexity index is 760. The molecule has 8 heteroatoms. The van der Waals surface area contributed by atoms with Crippen molar-refractivity contribution < 1.29 is 17.6 Å². The monoisotopic (exact) mass is 399 g/mol. The summed E-state index contributed by atoms with van der Waals surface area (Å²) in [5.41, 5.74) is 2.03. The molecule has 0 radical (unpaired) electrons. The topological polar surface area (TPSA) is 19.4 Å². The van der Waals surface area contributed by atoms with Gasteiger partial charge < -0.3 is 4.90 Å². The summed E-state index contributed by atoms with van der Waals surface area (Å²) in [5, 5.41) is 0. The van der Waals surface area contributed by atoms with Crippen LogP contribution in [0.4, 0.5) is 23.2 Å². The molecule has 0 aliphatic carbocycles. The number of thioether (sulfide) groups is 1. The van der Waals surface area contributed by atoms with Gasteiger partial charge in [-0.3, -0.25) is 9.88 Å². The number of nitrogens with zero attached hydrogens (tertiary/aromatic N) is 3. The Morgan fingerprint density at radius 3 is 2.52 bits per heavy atom. The zero-order valence-electron chi connectivity index (χ0n) is 15.0. The van der Waals surface area contributed by atoms with E-state index in [0.717, 1.165) is 25.2 Å². The van der Waals surface area contributed by atoms with Gasteiger partial charge in [0.1, 0.15) is 5.82 Å². The van der Waals surface area contributed by atoms with Crippen LogP contribution in [0, 0.1) is 12.7 Å². The van der Waals surface area contributed by atoms with Crippen LogP contribution in [0.25, 0.3) is 0 Å². The zero-order chi connectivity index (χ0) is 19.4. The molecule has 1 aliphatic heterocycles. The lowest BCUT2D eigenvalue weighted by Crippen LogP contribution is -2.46. The van der Waals surface area contributed by atoms with E-state index in [1.54, 1.807) is 19.2 Å². The molecule has 1 fully saturated rings. The van der Waals surface area contributed by atoms with Crippen molar-refractivity contribution >= 4 is 17.4 Å². The van der Waals surface area contributed by atoms with Crippen LogP contribution in [0.1, 0.15) is 11.1 Å². The molecule has 3 rings (SSSR count). The molecule has 1 aromatic carbocycles. The van der Waals surface area contributed by atoms with Gasteiger partial charge in [0.2, 0.25) is 0 Å². The predicted molar refractivity (Wildman–Crippen MR) is 99.6 cm³/mol. The number of piperazine rings is 1. The number of aryl methyl sites for hydroxylation is 1. The van der Waals surface area contributed by atoms with Crippen molar-refractivity contribution in [1.82, 2.24) is 9.88 Å². The highest BCUT2D eigenvalue weighted by Gasteiger charge is 2.28. The van der Waals surface area contributed by atoms with E-state index in [-0.39, 0.29) is 5.82 Å². The van der Waals surface area contributed by atoms with Gasteiger partial charge in [-0.1, -0.05) is 6.07 Å². The molecule has 146 valence electrons. The first-order chi connectivity index (χ1) is 12.8. The fraction of sp³-hybridized carbons (Fsp3) is 0.421. The van der Waals surface area contributed by atoms with Crippen LogP contribution < -0.4 is 4.90 Å². The molecule has 1 aromatic heterocycles. The molecule has 27 heavy (non-hydrogen) atoms. The van der Waals surface area contributed by atoms with Gasteiger partial charge in [-0.15, -0.1) is 11.8 Å². The van der Waals surface area contributed by atoms with Gasteiger partial charge in [-0.25, -0.2) is 4.39 Å². The number of hydrogen-bond acceptors (Lipinski definition) is 4. The van der Waals surface area contributed by atoms with Gasteiger partial charge in [0.05, 0.1) is 11.4 Å². The first-order valence-electron chi connectivity index (χ1n) is 8.68. The first kappa shape index (κ1) is 19.9. The summed E-state index contributed by atoms with van der Waals surface area (Å²) >= 11 is 0.707. The van der Waals surface area contributed by atoms with E-state index in [2.05, 4.69) is 9.88 Å². The summed E-state index contributed by atoms with van der Waals surface area (Å²) in [7, 11) is 0. The third-order valence-corrected chi connectivity index (χ3v) is 5.70. The Labute approximate surface area is 160 Å². The van der Waals surface area contributed by atoms with Crippen LogP contribution >= 0.6 is 11.8 Å². The third-order valence-electron chi connectivity index (χ3n) is 4.48. The van der Waals surface area contributed by atoms with Crippen molar-refractivity contribution in [3.8, 4) is 0 Å². The summed E-state index contributed by atoms with van der Waals surface area (Å²) in [6.07, 6.45) is -0.685. The van der Waals surface area contributed by atoms with Gasteiger partial charge in [-0.2, -0.15) is 13.2 Å². The quantitative estimate of drug-likeness (QED) is 0.544. The van der Waals surface area contributed by atoms with Crippen LogP contribution in [0.3, 0.4) is 0 Å². The lowest BCUT2D eigenvalue weighted by atomic mass is 10.1. The lowest BCUT2D eigenvalue weighted by Gasteiger charge is -2.36. The molecule has 0 amide bonds. The van der Waals surface area contributed by atoms with Gasteiger partial charge in [0, 0.05) is 50.0 Å². The number of alkyl halides is 3. The van der Waals surface area contributed by atoms with Crippen molar-refractivity contribution in [1.29, 1.82) is 0 Å². The van der Waals surface area contributed by atoms with Crippen LogP contribution in [0.15, 0.2) is 41.6 Å². The van der Waals surface area contributed by atoms with E-state index >= 15 is 0 Å². The molecular formula is C19H21F4N3S. The molecule has 0 spiro atoms. The van der Waals surface area contributed by atoms with Gasteiger partial charge >= 0.3 is 6.18 Å². The molecule has 0 bridgehead atoms. The molecule has 0 N–H and O–H groups in total. The maximum Gasteiger partial charge on any atom is 0.398 e. The van der Waals surface area contributed by atoms with Crippen LogP contribution in [-0.4, -0.2) is 48.0 Å². The van der Waals surface area contributed by atoms with E-state index in [4.69, 9.17) is 0 Å². The largest absolute Gasteiger partial charge is 0.398 e. The van der Waals surface area contributed by atoms with E-state index in [0.29, 0.717) is 41.0 Å². The number of halogens is 4. The summed E-state index contributed by atoms with van der Waals surface area (Å²) in [6.45, 7) is 5.19. The second-order valence-corrected chi connectivity index (χ2v) is 7.61. The number of hydrogen-bond donors (Lipinski definition) is 0. The minimum absolute atomic E-state index is 0.381. The van der Waals surface area contributed by atoms with Gasteiger partial charge in [0.15, 0.2) is 0 Å². The van der Waals surface area contributed by atoms with Gasteiger partial charge in [0.25, 0.3) is 0 Å². The maximum atomic E-state index is 14.4. The zero-order valence-corrected chi connectivity index (χ0v) is 15.8. The Hall–Kier alpha value is -1.80. The molecule has 0 saturated carbocycles. The normalized spacial score (nSPS) is 16.0. The number of aromatic nitrogens is 1. The molecule has 1 saturated heterocycles. The standard InChI is InChI=1S/C19H21F4N3S/c1-14-9-16(20)17(10-18(14)27-13-19(21,22)23)26-7-5-25(6-8-26)12-15-3-2-4-24-11-15/h2-4,9-11H,5-8,12-13H2,1H3. The van der Waals surface area contributed by atoms with Crippen LogP contribution in [0.2, 0.25) is 0 Å². The molecule has 3 nitrogen and oxygen atoms in total. The van der Waals surface area contributed by atoms with Crippen molar-refractivity contribution in [2.24, 2.45) is 0 Å². The summed E-state index contributed by atoms with van der Waals surface area (Å²) in [6, 6.07) is 6.80. The van der Waals surface area contributed by atoms with Crippen LogP contribution in [-0.2, 0) is 6.54 Å². The highest BCUT2D eigenvalue weighted by atomic mass is 32.2. The highest BCUT2D eigenvalue weighted by Crippen LogP contribution is 2.34. The molecule has 2 heterocycles. The Kier molecular flexibility index (Phi) is 6.26. The fourth-order valence-corrected chi connectivity index (χ4v) is 3.90. The maximum absolute atomic E-state index is 14.4. The minimum Gasteiger partial charge on any atom is -0.367 e. The highest BCUT2D eigenvalue weighted by molar-refractivity contribution is 7.99. The summed E-state index contributed by atoms with van der Waals surface area (Å²) in [5.74, 6) is -1.36. The second kappa shape index (κ2) is 8.48. The van der Waals surface area contributed by atoms with E-state index in [1.165, 1.54) is 6.07 Å².